The number of carbonyl (C=O) groups excluding carboxylic acids is 2. The van der Waals surface area contributed by atoms with E-state index < -0.39 is 0 Å². The van der Waals surface area contributed by atoms with E-state index in [2.05, 4.69) is 10.6 Å². The van der Waals surface area contributed by atoms with Gasteiger partial charge in [-0.15, -0.1) is 0 Å². The summed E-state index contributed by atoms with van der Waals surface area (Å²) in [5, 5.41) is 5.63. The maximum Gasteiger partial charge on any atom is 0.239 e. The first kappa shape index (κ1) is 16.7. The first-order valence-corrected chi connectivity index (χ1v) is 9.21. The molecule has 23 heavy (non-hydrogen) atoms. The normalized spacial score (nSPS) is 35.8. The van der Waals surface area contributed by atoms with E-state index in [9.17, 15) is 9.59 Å². The summed E-state index contributed by atoms with van der Waals surface area (Å²) in [6, 6.07) is 0. The smallest absolute Gasteiger partial charge is 0.239 e. The van der Waals surface area contributed by atoms with E-state index in [4.69, 9.17) is 5.73 Å². The fraction of sp³-hybridized carbons (Fsp3) is 0.889. The molecule has 0 saturated heterocycles. The predicted octanol–water partition coefficient (Wildman–Crippen LogP) is 1.42. The molecule has 0 aliphatic heterocycles. The molecule has 0 aromatic rings. The maximum atomic E-state index is 12.3. The molecule has 4 aliphatic rings. The van der Waals surface area contributed by atoms with E-state index in [-0.39, 0.29) is 29.7 Å². The molecule has 0 heterocycles. The molecule has 4 bridgehead atoms. The molecule has 4 aliphatic carbocycles. The van der Waals surface area contributed by atoms with Gasteiger partial charge >= 0.3 is 0 Å². The highest BCUT2D eigenvalue weighted by atomic mass is 16.2. The van der Waals surface area contributed by atoms with Gasteiger partial charge in [0.25, 0.3) is 0 Å². The fourth-order valence-corrected chi connectivity index (χ4v) is 5.52. The van der Waals surface area contributed by atoms with Gasteiger partial charge in [0.05, 0.1) is 6.54 Å². The van der Waals surface area contributed by atoms with Crippen molar-refractivity contribution in [3.05, 3.63) is 0 Å². The van der Waals surface area contributed by atoms with Crippen molar-refractivity contribution in [2.45, 2.75) is 51.9 Å². The molecule has 5 heteroatoms. The summed E-state index contributed by atoms with van der Waals surface area (Å²) >= 11 is 0. The Morgan fingerprint density at radius 2 is 1.61 bits per heavy atom. The van der Waals surface area contributed by atoms with Gasteiger partial charge in [-0.05, 0) is 74.2 Å². The molecule has 4 saturated carbocycles. The van der Waals surface area contributed by atoms with Crippen LogP contribution in [0.5, 0.6) is 0 Å². The highest BCUT2D eigenvalue weighted by molar-refractivity contribution is 5.84. The number of rotatable bonds is 7. The maximum absolute atomic E-state index is 12.3. The Balaban J connectivity index is 1.42. The Labute approximate surface area is 139 Å². The topological polar surface area (TPSA) is 84.2 Å². The van der Waals surface area contributed by atoms with Crippen LogP contribution in [0.4, 0.5) is 0 Å². The molecule has 4 N–H and O–H groups in total. The minimum Gasteiger partial charge on any atom is -0.354 e. The third-order valence-electron chi connectivity index (χ3n) is 6.20. The molecule has 0 aromatic heterocycles. The number of carbonyl (C=O) groups is 2. The summed E-state index contributed by atoms with van der Waals surface area (Å²) in [4.78, 5) is 24.1. The second-order valence-corrected chi connectivity index (χ2v) is 8.52. The summed E-state index contributed by atoms with van der Waals surface area (Å²) in [7, 11) is 0. The number of hydrogen-bond donors (Lipinski definition) is 3. The second kappa shape index (κ2) is 6.80. The standard InChI is InChI=1S/C18H31N3O2/c1-12(9-19)10-20-17(23)11-21-16(22)8-18-5-13-2-14(6-18)4-15(3-13)7-18/h12-15H,2-11,19H2,1H3,(H,20,23)(H,21,22). The average Bonchev–Trinajstić information content (AvgIpc) is 2.48. The van der Waals surface area contributed by atoms with Gasteiger partial charge in [0.1, 0.15) is 0 Å². The van der Waals surface area contributed by atoms with Crippen LogP contribution in [0.15, 0.2) is 0 Å². The van der Waals surface area contributed by atoms with Crippen LogP contribution in [-0.4, -0.2) is 31.4 Å². The summed E-state index contributed by atoms with van der Waals surface area (Å²) in [5.74, 6) is 2.76. The average molecular weight is 321 g/mol. The Morgan fingerprint density at radius 3 is 2.13 bits per heavy atom. The number of nitrogens with two attached hydrogens (primary N) is 1. The van der Waals surface area contributed by atoms with Crippen molar-refractivity contribution in [1.82, 2.24) is 10.6 Å². The second-order valence-electron chi connectivity index (χ2n) is 8.52. The van der Waals surface area contributed by atoms with E-state index in [0.29, 0.717) is 19.5 Å². The van der Waals surface area contributed by atoms with Crippen LogP contribution in [-0.2, 0) is 9.59 Å². The molecule has 4 fully saturated rings. The third kappa shape index (κ3) is 4.06. The number of hydrogen-bond acceptors (Lipinski definition) is 3. The molecule has 1 atom stereocenters. The zero-order valence-electron chi connectivity index (χ0n) is 14.3. The number of amides is 2. The van der Waals surface area contributed by atoms with Crippen LogP contribution in [0.3, 0.4) is 0 Å². The van der Waals surface area contributed by atoms with Crippen LogP contribution in [0, 0.1) is 29.1 Å². The van der Waals surface area contributed by atoms with Crippen molar-refractivity contribution < 1.29 is 9.59 Å². The first-order valence-electron chi connectivity index (χ1n) is 9.21. The zero-order chi connectivity index (χ0) is 16.4. The van der Waals surface area contributed by atoms with Crippen LogP contribution < -0.4 is 16.4 Å². The highest BCUT2D eigenvalue weighted by Crippen LogP contribution is 2.61. The van der Waals surface area contributed by atoms with Crippen molar-refractivity contribution in [2.75, 3.05) is 19.6 Å². The third-order valence-corrected chi connectivity index (χ3v) is 6.20. The molecular weight excluding hydrogens is 290 g/mol. The first-order chi connectivity index (χ1) is 11.0. The van der Waals surface area contributed by atoms with Gasteiger partial charge in [-0.1, -0.05) is 6.92 Å². The van der Waals surface area contributed by atoms with Crippen molar-refractivity contribution in [3.63, 3.8) is 0 Å². The predicted molar refractivity (Wildman–Crippen MR) is 89.5 cm³/mol. The van der Waals surface area contributed by atoms with E-state index >= 15 is 0 Å². The zero-order valence-corrected chi connectivity index (χ0v) is 14.3. The lowest BCUT2D eigenvalue weighted by molar-refractivity contribution is -0.131. The lowest BCUT2D eigenvalue weighted by Crippen LogP contribution is -2.48. The quantitative estimate of drug-likeness (QED) is 0.663. The van der Waals surface area contributed by atoms with Crippen LogP contribution in [0.25, 0.3) is 0 Å². The Hall–Kier alpha value is -1.10. The summed E-state index contributed by atoms with van der Waals surface area (Å²) in [6.07, 6.45) is 8.47. The molecule has 130 valence electrons. The van der Waals surface area contributed by atoms with Crippen LogP contribution >= 0.6 is 0 Å². The van der Waals surface area contributed by atoms with Gasteiger partial charge in [0.2, 0.25) is 11.8 Å². The van der Waals surface area contributed by atoms with Crippen molar-refractivity contribution in [1.29, 1.82) is 0 Å². The van der Waals surface area contributed by atoms with Gasteiger partial charge < -0.3 is 16.4 Å². The molecule has 0 radical (unpaired) electrons. The highest BCUT2D eigenvalue weighted by Gasteiger charge is 2.51. The van der Waals surface area contributed by atoms with Crippen LogP contribution in [0.2, 0.25) is 0 Å². The van der Waals surface area contributed by atoms with E-state index in [1.54, 1.807) is 0 Å². The lowest BCUT2D eigenvalue weighted by atomic mass is 9.49. The monoisotopic (exact) mass is 321 g/mol. The van der Waals surface area contributed by atoms with Crippen molar-refractivity contribution in [3.8, 4) is 0 Å². The fourth-order valence-electron chi connectivity index (χ4n) is 5.52. The Bertz CT molecular complexity index is 428. The van der Waals surface area contributed by atoms with E-state index in [1.807, 2.05) is 6.92 Å². The SMILES string of the molecule is CC(CN)CNC(=O)CNC(=O)CC12CC3CC(CC(C3)C1)C2. The summed E-state index contributed by atoms with van der Waals surface area (Å²) in [5.41, 5.74) is 5.76. The molecule has 0 spiro atoms. The number of nitrogens with one attached hydrogen (secondary N) is 2. The van der Waals surface area contributed by atoms with E-state index in [1.165, 1.54) is 38.5 Å². The minimum atomic E-state index is -0.121. The molecule has 5 nitrogen and oxygen atoms in total. The Kier molecular flexibility index (Phi) is 4.95. The summed E-state index contributed by atoms with van der Waals surface area (Å²) in [6.45, 7) is 3.20. The molecular formula is C18H31N3O2. The van der Waals surface area contributed by atoms with Gasteiger partial charge in [0, 0.05) is 13.0 Å². The van der Waals surface area contributed by atoms with Gasteiger partial charge in [-0.3, -0.25) is 9.59 Å². The largest absolute Gasteiger partial charge is 0.354 e. The molecule has 0 aromatic carbocycles. The van der Waals surface area contributed by atoms with Crippen molar-refractivity contribution in [2.24, 2.45) is 34.8 Å². The molecule has 1 unspecified atom stereocenters. The minimum absolute atomic E-state index is 0.0500. The molecule has 2 amide bonds. The summed E-state index contributed by atoms with van der Waals surface area (Å²) < 4.78 is 0. The molecule has 4 rings (SSSR count). The van der Waals surface area contributed by atoms with E-state index in [0.717, 1.165) is 17.8 Å². The van der Waals surface area contributed by atoms with Gasteiger partial charge in [-0.2, -0.15) is 0 Å². The van der Waals surface area contributed by atoms with Crippen LogP contribution in [0.1, 0.15) is 51.9 Å². The lowest BCUT2D eigenvalue weighted by Gasteiger charge is -2.56. The van der Waals surface area contributed by atoms with Gasteiger partial charge in [0.15, 0.2) is 0 Å². The Morgan fingerprint density at radius 1 is 1.04 bits per heavy atom. The van der Waals surface area contributed by atoms with Crippen molar-refractivity contribution >= 4 is 11.8 Å². The van der Waals surface area contributed by atoms with Gasteiger partial charge in [-0.25, -0.2) is 0 Å².